The quantitative estimate of drug-likeness (QED) is 0.675. The van der Waals surface area contributed by atoms with E-state index in [0.29, 0.717) is 21.8 Å². The number of nitrogens with one attached hydrogen (secondary N) is 1. The van der Waals surface area contributed by atoms with Gasteiger partial charge in [-0.1, -0.05) is 12.1 Å². The van der Waals surface area contributed by atoms with Crippen molar-refractivity contribution in [2.24, 2.45) is 0 Å². The van der Waals surface area contributed by atoms with Gasteiger partial charge in [0.15, 0.2) is 0 Å². The van der Waals surface area contributed by atoms with Gasteiger partial charge in [-0.25, -0.2) is 14.2 Å². The number of pyridine rings is 1. The number of halogens is 1. The molecule has 3 aromatic rings. The number of carbonyl (C=O) groups is 1. The molecule has 0 bridgehead atoms. The number of fused-ring (bicyclic) bond motifs is 3. The average Bonchev–Trinajstić information content (AvgIpc) is 2.68. The predicted octanol–water partition coefficient (Wildman–Crippen LogP) is 2.55. The zero-order chi connectivity index (χ0) is 12.0. The maximum Gasteiger partial charge on any atom is 0.354 e. The normalized spacial score (nSPS) is 11.1. The minimum absolute atomic E-state index is 0.0531. The maximum atomic E-state index is 13.5. The van der Waals surface area contributed by atoms with E-state index in [4.69, 9.17) is 5.11 Å². The summed E-state index contributed by atoms with van der Waals surface area (Å²) in [6.45, 7) is 0. The highest BCUT2D eigenvalue weighted by atomic mass is 19.1. The molecule has 2 N–H and O–H groups in total. The fourth-order valence-corrected chi connectivity index (χ4v) is 1.91. The highest BCUT2D eigenvalue weighted by Gasteiger charge is 2.11. The van der Waals surface area contributed by atoms with E-state index >= 15 is 0 Å². The first-order valence-electron chi connectivity index (χ1n) is 4.96. The molecule has 84 valence electrons. The first-order chi connectivity index (χ1) is 8.16. The van der Waals surface area contributed by atoms with Gasteiger partial charge >= 0.3 is 5.97 Å². The van der Waals surface area contributed by atoms with Crippen molar-refractivity contribution in [1.29, 1.82) is 0 Å². The monoisotopic (exact) mass is 230 g/mol. The number of carboxylic acids is 1. The van der Waals surface area contributed by atoms with Crippen molar-refractivity contribution >= 4 is 27.8 Å². The molecule has 0 atom stereocenters. The Morgan fingerprint density at radius 1 is 1.35 bits per heavy atom. The number of aromatic amines is 1. The van der Waals surface area contributed by atoms with Crippen LogP contribution in [0.1, 0.15) is 10.5 Å². The van der Waals surface area contributed by atoms with Crippen molar-refractivity contribution in [2.75, 3.05) is 0 Å². The molecule has 0 radical (unpaired) electrons. The van der Waals surface area contributed by atoms with E-state index in [-0.39, 0.29) is 11.5 Å². The van der Waals surface area contributed by atoms with Gasteiger partial charge in [0.25, 0.3) is 0 Å². The third kappa shape index (κ3) is 1.36. The second kappa shape index (κ2) is 3.28. The Hall–Kier alpha value is -2.43. The van der Waals surface area contributed by atoms with Crippen LogP contribution in [0.4, 0.5) is 4.39 Å². The van der Waals surface area contributed by atoms with Gasteiger partial charge in [-0.05, 0) is 12.1 Å². The lowest BCUT2D eigenvalue weighted by molar-refractivity contribution is 0.0691. The van der Waals surface area contributed by atoms with Crippen LogP contribution in [-0.4, -0.2) is 21.0 Å². The zero-order valence-corrected chi connectivity index (χ0v) is 8.57. The van der Waals surface area contributed by atoms with Crippen LogP contribution < -0.4 is 0 Å². The second-order valence-electron chi connectivity index (χ2n) is 3.71. The van der Waals surface area contributed by atoms with Crippen molar-refractivity contribution in [2.45, 2.75) is 0 Å². The van der Waals surface area contributed by atoms with Crippen molar-refractivity contribution in [3.63, 3.8) is 0 Å². The summed E-state index contributed by atoms with van der Waals surface area (Å²) in [6, 6.07) is 6.12. The topological polar surface area (TPSA) is 66.0 Å². The molecule has 17 heavy (non-hydrogen) atoms. The number of benzene rings is 1. The predicted molar refractivity (Wildman–Crippen MR) is 60.5 cm³/mol. The van der Waals surface area contributed by atoms with Gasteiger partial charge in [0.2, 0.25) is 0 Å². The SMILES string of the molecule is O=C(O)c1cc2c(cn1)[nH]c1c(F)cccc12. The van der Waals surface area contributed by atoms with Crippen LogP contribution in [0.25, 0.3) is 21.8 Å². The molecule has 4 nitrogen and oxygen atoms in total. The molecule has 0 amide bonds. The van der Waals surface area contributed by atoms with Gasteiger partial charge in [0.1, 0.15) is 11.5 Å². The number of hydrogen-bond acceptors (Lipinski definition) is 2. The summed E-state index contributed by atoms with van der Waals surface area (Å²) in [5.74, 6) is -1.46. The van der Waals surface area contributed by atoms with Crippen LogP contribution in [-0.2, 0) is 0 Å². The molecule has 0 unspecified atom stereocenters. The van der Waals surface area contributed by atoms with Crippen LogP contribution >= 0.6 is 0 Å². The summed E-state index contributed by atoms with van der Waals surface area (Å²) >= 11 is 0. The summed E-state index contributed by atoms with van der Waals surface area (Å²) in [7, 11) is 0. The molecule has 2 aromatic heterocycles. The molecule has 0 saturated carbocycles. The number of aromatic carboxylic acids is 1. The summed E-state index contributed by atoms with van der Waals surface area (Å²) in [4.78, 5) is 17.5. The number of H-pyrrole nitrogens is 1. The molecular formula is C12H7FN2O2. The smallest absolute Gasteiger partial charge is 0.354 e. The lowest BCUT2D eigenvalue weighted by Crippen LogP contribution is -1.98. The van der Waals surface area contributed by atoms with E-state index in [2.05, 4.69) is 9.97 Å². The van der Waals surface area contributed by atoms with E-state index in [0.717, 1.165) is 0 Å². The lowest BCUT2D eigenvalue weighted by Gasteiger charge is -1.94. The first-order valence-corrected chi connectivity index (χ1v) is 4.96. The summed E-state index contributed by atoms with van der Waals surface area (Å²) < 4.78 is 13.5. The van der Waals surface area contributed by atoms with E-state index in [9.17, 15) is 9.18 Å². The van der Waals surface area contributed by atoms with Crippen LogP contribution in [0.5, 0.6) is 0 Å². The van der Waals surface area contributed by atoms with Crippen LogP contribution in [0.2, 0.25) is 0 Å². The van der Waals surface area contributed by atoms with Gasteiger partial charge in [-0.15, -0.1) is 0 Å². The van der Waals surface area contributed by atoms with Crippen molar-refractivity contribution in [3.8, 4) is 0 Å². The number of nitrogens with zero attached hydrogens (tertiary/aromatic N) is 1. The Kier molecular flexibility index (Phi) is 1.89. The Labute approximate surface area is 94.7 Å². The van der Waals surface area contributed by atoms with Crippen molar-refractivity contribution in [1.82, 2.24) is 9.97 Å². The van der Waals surface area contributed by atoms with E-state index in [1.807, 2.05) is 0 Å². The van der Waals surface area contributed by atoms with Gasteiger partial charge in [0, 0.05) is 10.8 Å². The Morgan fingerprint density at radius 2 is 2.18 bits per heavy atom. The molecule has 0 aliphatic rings. The molecule has 5 heteroatoms. The van der Waals surface area contributed by atoms with Crippen LogP contribution in [0.15, 0.2) is 30.5 Å². The van der Waals surface area contributed by atoms with E-state index < -0.39 is 5.97 Å². The van der Waals surface area contributed by atoms with Gasteiger partial charge < -0.3 is 10.1 Å². The zero-order valence-electron chi connectivity index (χ0n) is 8.57. The maximum absolute atomic E-state index is 13.5. The van der Waals surface area contributed by atoms with Crippen LogP contribution in [0.3, 0.4) is 0 Å². The molecule has 0 fully saturated rings. The fraction of sp³-hybridized carbons (Fsp3) is 0. The minimum atomic E-state index is -1.10. The van der Waals surface area contributed by atoms with E-state index in [1.165, 1.54) is 18.3 Å². The van der Waals surface area contributed by atoms with Crippen molar-refractivity contribution in [3.05, 3.63) is 42.0 Å². The largest absolute Gasteiger partial charge is 0.477 e. The highest BCUT2D eigenvalue weighted by molar-refractivity contribution is 6.08. The Balaban J connectivity index is 2.46. The van der Waals surface area contributed by atoms with Crippen molar-refractivity contribution < 1.29 is 14.3 Å². The number of carboxylic acid groups (broad SMARTS) is 1. The number of para-hydroxylation sites is 1. The molecule has 1 aromatic carbocycles. The first kappa shape index (κ1) is 9.77. The lowest BCUT2D eigenvalue weighted by atomic mass is 10.1. The Morgan fingerprint density at radius 3 is 2.94 bits per heavy atom. The summed E-state index contributed by atoms with van der Waals surface area (Å²) in [5.41, 5.74) is 0.935. The molecule has 2 heterocycles. The van der Waals surface area contributed by atoms with Gasteiger partial charge in [-0.3, -0.25) is 0 Å². The molecule has 0 spiro atoms. The number of rotatable bonds is 1. The fourth-order valence-electron chi connectivity index (χ4n) is 1.91. The number of hydrogen-bond donors (Lipinski definition) is 2. The Bertz CT molecular complexity index is 749. The molecule has 0 aliphatic heterocycles. The van der Waals surface area contributed by atoms with Gasteiger partial charge in [0.05, 0.1) is 17.2 Å². The summed E-state index contributed by atoms with van der Waals surface area (Å²) in [6.07, 6.45) is 1.40. The van der Waals surface area contributed by atoms with Gasteiger partial charge in [-0.2, -0.15) is 0 Å². The third-order valence-corrected chi connectivity index (χ3v) is 2.69. The summed E-state index contributed by atoms with van der Waals surface area (Å²) in [5, 5.41) is 10.2. The number of aromatic nitrogens is 2. The second-order valence-corrected chi connectivity index (χ2v) is 3.71. The molecule has 0 saturated heterocycles. The molecular weight excluding hydrogens is 223 g/mol. The highest BCUT2D eigenvalue weighted by Crippen LogP contribution is 2.26. The molecule has 3 rings (SSSR count). The average molecular weight is 230 g/mol. The van der Waals surface area contributed by atoms with E-state index in [1.54, 1.807) is 12.1 Å². The minimum Gasteiger partial charge on any atom is -0.477 e. The molecule has 0 aliphatic carbocycles. The third-order valence-electron chi connectivity index (χ3n) is 2.69. The van der Waals surface area contributed by atoms with Crippen LogP contribution in [0, 0.1) is 5.82 Å². The standard InChI is InChI=1S/C12H7FN2O2/c13-8-3-1-2-6-7-4-9(12(16)17)14-5-10(7)15-11(6)8/h1-5,15H,(H,16,17).